The lowest BCUT2D eigenvalue weighted by atomic mass is 9.94. The second-order valence-corrected chi connectivity index (χ2v) is 5.04. The Morgan fingerprint density at radius 3 is 2.58 bits per heavy atom. The predicted molar refractivity (Wildman–Crippen MR) is 82.7 cm³/mol. The molecular weight excluding hydrogens is 252 g/mol. The van der Waals surface area contributed by atoms with E-state index < -0.39 is 0 Å². The van der Waals surface area contributed by atoms with Crippen molar-refractivity contribution in [1.29, 1.82) is 0 Å². The smallest absolute Gasteiger partial charge is 0.193 e. The topological polar surface area (TPSA) is 17.1 Å². The van der Waals surface area contributed by atoms with Crippen LogP contribution < -0.4 is 0 Å². The molecule has 0 unspecified atom stereocenters. The molecule has 0 bridgehead atoms. The zero-order chi connectivity index (χ0) is 13.2. The molecule has 0 aromatic heterocycles. The predicted octanol–water partition coefficient (Wildman–Crippen LogP) is 4.28. The molecule has 0 heterocycles. The van der Waals surface area contributed by atoms with Crippen molar-refractivity contribution in [1.82, 2.24) is 0 Å². The van der Waals surface area contributed by atoms with Crippen LogP contribution in [0.25, 0.3) is 10.8 Å². The van der Waals surface area contributed by atoms with Crippen LogP contribution >= 0.6 is 12.2 Å². The zero-order valence-electron chi connectivity index (χ0n) is 10.3. The van der Waals surface area contributed by atoms with E-state index >= 15 is 0 Å². The van der Waals surface area contributed by atoms with Crippen molar-refractivity contribution in [2.24, 2.45) is 0 Å². The third-order valence-electron chi connectivity index (χ3n) is 3.27. The maximum Gasteiger partial charge on any atom is 0.193 e. The molecule has 0 radical (unpaired) electrons. The molecule has 92 valence electrons. The van der Waals surface area contributed by atoms with Gasteiger partial charge in [-0.3, -0.25) is 4.79 Å². The van der Waals surface area contributed by atoms with Gasteiger partial charge in [-0.05, 0) is 16.8 Å². The lowest BCUT2D eigenvalue weighted by molar-refractivity contribution is 0.103. The van der Waals surface area contributed by atoms with Gasteiger partial charge in [0.2, 0.25) is 0 Å². The number of benzene rings is 2. The Morgan fingerprint density at radius 1 is 1.00 bits per heavy atom. The van der Waals surface area contributed by atoms with Gasteiger partial charge in [0.1, 0.15) is 0 Å². The van der Waals surface area contributed by atoms with Gasteiger partial charge >= 0.3 is 0 Å². The summed E-state index contributed by atoms with van der Waals surface area (Å²) in [6.45, 7) is 0. The van der Waals surface area contributed by atoms with Gasteiger partial charge in [-0.2, -0.15) is 0 Å². The second-order valence-electron chi connectivity index (χ2n) is 4.52. The summed E-state index contributed by atoms with van der Waals surface area (Å²) in [6.07, 6.45) is 6.24. The number of hydrogen-bond acceptors (Lipinski definition) is 2. The molecule has 2 aromatic rings. The first kappa shape index (κ1) is 12.0. The van der Waals surface area contributed by atoms with Crippen molar-refractivity contribution in [2.45, 2.75) is 6.42 Å². The van der Waals surface area contributed by atoms with E-state index in [1.165, 1.54) is 0 Å². The van der Waals surface area contributed by atoms with Crippen LogP contribution in [0.2, 0.25) is 0 Å². The molecule has 0 N–H and O–H groups in total. The summed E-state index contributed by atoms with van der Waals surface area (Å²) in [7, 11) is 0. The van der Waals surface area contributed by atoms with E-state index in [2.05, 4.69) is 0 Å². The van der Waals surface area contributed by atoms with Crippen LogP contribution in [0.1, 0.15) is 16.8 Å². The first-order chi connectivity index (χ1) is 9.25. The molecule has 2 heteroatoms. The standard InChI is InChI=1S/C17H12OS/c18-17(13-8-10-14(19)11-9-13)16-7-3-5-12-4-1-2-6-15(12)16/h1-10H,11H2. The molecule has 0 aliphatic heterocycles. The minimum atomic E-state index is 0.0653. The van der Waals surface area contributed by atoms with E-state index in [0.717, 1.165) is 26.8 Å². The van der Waals surface area contributed by atoms with Crippen molar-refractivity contribution in [3.05, 3.63) is 71.8 Å². The van der Waals surface area contributed by atoms with Crippen molar-refractivity contribution in [2.75, 3.05) is 0 Å². The highest BCUT2D eigenvalue weighted by molar-refractivity contribution is 7.80. The Bertz CT molecular complexity index is 733. The minimum absolute atomic E-state index is 0.0653. The average molecular weight is 264 g/mol. The van der Waals surface area contributed by atoms with E-state index in [-0.39, 0.29) is 5.78 Å². The Morgan fingerprint density at radius 2 is 1.79 bits per heavy atom. The molecule has 19 heavy (non-hydrogen) atoms. The summed E-state index contributed by atoms with van der Waals surface area (Å²) < 4.78 is 0. The molecule has 1 aliphatic carbocycles. The summed E-state index contributed by atoms with van der Waals surface area (Å²) in [5.74, 6) is 0.0653. The van der Waals surface area contributed by atoms with Crippen LogP contribution in [0, 0.1) is 0 Å². The lowest BCUT2D eigenvalue weighted by Gasteiger charge is -2.09. The highest BCUT2D eigenvalue weighted by Crippen LogP contribution is 2.22. The molecular formula is C17H12OS. The molecule has 0 atom stereocenters. The van der Waals surface area contributed by atoms with Gasteiger partial charge < -0.3 is 0 Å². The molecule has 0 saturated carbocycles. The average Bonchev–Trinajstić information content (AvgIpc) is 2.47. The number of ketones is 1. The van der Waals surface area contributed by atoms with Gasteiger partial charge in [0.25, 0.3) is 0 Å². The maximum absolute atomic E-state index is 12.6. The number of carbonyl (C=O) groups is 1. The third-order valence-corrected chi connectivity index (χ3v) is 3.57. The fraction of sp³-hybridized carbons (Fsp3) is 0.0588. The normalized spacial score (nSPS) is 14.5. The Kier molecular flexibility index (Phi) is 3.10. The van der Waals surface area contributed by atoms with Crippen molar-refractivity contribution in [3.63, 3.8) is 0 Å². The van der Waals surface area contributed by atoms with Crippen molar-refractivity contribution in [3.8, 4) is 0 Å². The Balaban J connectivity index is 2.08. The molecule has 0 saturated heterocycles. The number of carbonyl (C=O) groups excluding carboxylic acids is 1. The number of allylic oxidation sites excluding steroid dienone is 4. The van der Waals surface area contributed by atoms with E-state index in [4.69, 9.17) is 12.2 Å². The third kappa shape index (κ3) is 2.27. The summed E-state index contributed by atoms with van der Waals surface area (Å²) in [4.78, 5) is 13.4. The van der Waals surface area contributed by atoms with Crippen molar-refractivity contribution < 1.29 is 4.79 Å². The Labute approximate surface area is 117 Å². The second kappa shape index (κ2) is 4.90. The SMILES string of the molecule is O=C(C1=CCC(=S)C=C1)c1cccc2ccccc12. The highest BCUT2D eigenvalue weighted by atomic mass is 32.1. The van der Waals surface area contributed by atoms with E-state index in [0.29, 0.717) is 6.42 Å². The van der Waals surface area contributed by atoms with Crippen LogP contribution in [0.15, 0.2) is 66.3 Å². The number of rotatable bonds is 2. The molecule has 2 aromatic carbocycles. The number of Topliss-reactive ketones (excluding diaryl/α,β-unsaturated/α-hetero) is 1. The fourth-order valence-electron chi connectivity index (χ4n) is 2.28. The summed E-state index contributed by atoms with van der Waals surface area (Å²) in [6, 6.07) is 13.8. The van der Waals surface area contributed by atoms with Gasteiger partial charge in [0.05, 0.1) is 0 Å². The van der Waals surface area contributed by atoms with Crippen LogP contribution in [-0.2, 0) is 0 Å². The van der Waals surface area contributed by atoms with Gasteiger partial charge in [0, 0.05) is 22.4 Å². The number of thiocarbonyl (C=S) groups is 1. The van der Waals surface area contributed by atoms with Gasteiger partial charge in [0.15, 0.2) is 5.78 Å². The van der Waals surface area contributed by atoms with Crippen LogP contribution in [0.3, 0.4) is 0 Å². The molecule has 0 amide bonds. The summed E-state index contributed by atoms with van der Waals surface area (Å²) >= 11 is 5.10. The fourth-order valence-corrected chi connectivity index (χ4v) is 2.43. The highest BCUT2D eigenvalue weighted by Gasteiger charge is 2.14. The molecule has 3 rings (SSSR count). The molecule has 1 nitrogen and oxygen atoms in total. The number of hydrogen-bond donors (Lipinski definition) is 0. The quantitative estimate of drug-likeness (QED) is 0.595. The monoisotopic (exact) mass is 264 g/mol. The first-order valence-electron chi connectivity index (χ1n) is 6.19. The molecule has 0 fully saturated rings. The van der Waals surface area contributed by atoms with Gasteiger partial charge in [-0.15, -0.1) is 0 Å². The van der Waals surface area contributed by atoms with Crippen LogP contribution in [0.4, 0.5) is 0 Å². The molecule has 1 aliphatic rings. The zero-order valence-corrected chi connectivity index (χ0v) is 11.1. The van der Waals surface area contributed by atoms with Gasteiger partial charge in [-0.1, -0.05) is 66.8 Å². The minimum Gasteiger partial charge on any atom is -0.289 e. The van der Waals surface area contributed by atoms with Crippen LogP contribution in [0.5, 0.6) is 0 Å². The summed E-state index contributed by atoms with van der Waals surface area (Å²) in [5.41, 5.74) is 1.48. The Hall–Kier alpha value is -2.06. The van der Waals surface area contributed by atoms with Gasteiger partial charge in [-0.25, -0.2) is 0 Å². The maximum atomic E-state index is 12.6. The van der Waals surface area contributed by atoms with E-state index in [9.17, 15) is 4.79 Å². The van der Waals surface area contributed by atoms with E-state index in [1.54, 1.807) is 0 Å². The van der Waals surface area contributed by atoms with Crippen LogP contribution in [-0.4, -0.2) is 10.6 Å². The number of fused-ring (bicyclic) bond motifs is 1. The molecule has 0 spiro atoms. The van der Waals surface area contributed by atoms with Crippen molar-refractivity contribution >= 4 is 33.6 Å². The summed E-state index contributed by atoms with van der Waals surface area (Å²) in [5, 5.41) is 2.08. The van der Waals surface area contributed by atoms with E-state index in [1.807, 2.05) is 60.7 Å². The first-order valence-corrected chi connectivity index (χ1v) is 6.60. The largest absolute Gasteiger partial charge is 0.289 e. The lowest BCUT2D eigenvalue weighted by Crippen LogP contribution is -2.06.